The molecule has 0 radical (unpaired) electrons. The number of hydrogen-bond donors (Lipinski definition) is 3. The average molecular weight is 342 g/mol. The first-order chi connectivity index (χ1) is 12.0. The monoisotopic (exact) mass is 342 g/mol. The lowest BCUT2D eigenvalue weighted by atomic mass is 10.0. The topological polar surface area (TPSA) is 87.8 Å². The normalized spacial score (nSPS) is 19.8. The molecule has 1 aliphatic rings. The van der Waals surface area contributed by atoms with Crippen molar-refractivity contribution < 1.29 is 4.74 Å². The molecule has 7 heteroatoms. The third-order valence-corrected chi connectivity index (χ3v) is 4.21. The van der Waals surface area contributed by atoms with Gasteiger partial charge in [0.2, 0.25) is 0 Å². The molecule has 2 aromatic rings. The summed E-state index contributed by atoms with van der Waals surface area (Å²) in [4.78, 5) is 8.42. The number of rotatable bonds is 7. The second kappa shape index (κ2) is 7.55. The minimum Gasteiger partial charge on any atom is -0.476 e. The van der Waals surface area contributed by atoms with Crippen LogP contribution in [0.15, 0.2) is 30.8 Å². The van der Waals surface area contributed by atoms with Gasteiger partial charge in [0.1, 0.15) is 17.7 Å². The van der Waals surface area contributed by atoms with Crippen LogP contribution in [0.3, 0.4) is 0 Å². The Kier molecular flexibility index (Phi) is 5.21. The lowest BCUT2D eigenvalue weighted by Crippen LogP contribution is -2.25. The van der Waals surface area contributed by atoms with Gasteiger partial charge in [-0.05, 0) is 52.7 Å². The zero-order chi connectivity index (χ0) is 17.8. The van der Waals surface area contributed by atoms with Crippen LogP contribution in [0.1, 0.15) is 50.5 Å². The Hall–Kier alpha value is -2.57. The Bertz CT molecular complexity index is 726. The van der Waals surface area contributed by atoms with E-state index in [0.29, 0.717) is 17.8 Å². The summed E-state index contributed by atoms with van der Waals surface area (Å²) >= 11 is 0. The van der Waals surface area contributed by atoms with Gasteiger partial charge >= 0.3 is 0 Å². The van der Waals surface area contributed by atoms with Crippen molar-refractivity contribution in [2.75, 3.05) is 5.32 Å². The summed E-state index contributed by atoms with van der Waals surface area (Å²) in [5.74, 6) is 3.32. The van der Waals surface area contributed by atoms with Gasteiger partial charge in [0.15, 0.2) is 11.7 Å². The fraction of sp³-hybridized carbons (Fsp3) is 0.500. The molecule has 25 heavy (non-hydrogen) atoms. The maximum atomic E-state index is 5.92. The van der Waals surface area contributed by atoms with Gasteiger partial charge in [-0.3, -0.25) is 5.10 Å². The van der Waals surface area contributed by atoms with Crippen LogP contribution < -0.4 is 10.6 Å². The van der Waals surface area contributed by atoms with Gasteiger partial charge in [-0.2, -0.15) is 5.10 Å². The molecule has 2 atom stereocenters. The first-order valence-electron chi connectivity index (χ1n) is 8.73. The molecule has 1 saturated carbocycles. The molecule has 3 rings (SSSR count). The highest BCUT2D eigenvalue weighted by molar-refractivity contribution is 5.51. The van der Waals surface area contributed by atoms with E-state index in [2.05, 4.69) is 51.2 Å². The van der Waals surface area contributed by atoms with Crippen molar-refractivity contribution in [2.45, 2.75) is 58.1 Å². The van der Waals surface area contributed by atoms with E-state index in [9.17, 15) is 0 Å². The molecule has 2 heterocycles. The summed E-state index contributed by atoms with van der Waals surface area (Å²) in [6, 6.07) is 4.20. The molecule has 0 aliphatic heterocycles. The Balaban J connectivity index is 1.55. The molecule has 2 aromatic heterocycles. The highest BCUT2D eigenvalue weighted by Gasteiger charge is 2.29. The molecule has 1 aliphatic carbocycles. The Morgan fingerprint density at radius 3 is 2.96 bits per heavy atom. The summed E-state index contributed by atoms with van der Waals surface area (Å²) in [6.07, 6.45) is 5.00. The van der Waals surface area contributed by atoms with Gasteiger partial charge in [-0.1, -0.05) is 0 Å². The van der Waals surface area contributed by atoms with Crippen molar-refractivity contribution in [3.05, 3.63) is 42.3 Å². The third-order valence-electron chi connectivity index (χ3n) is 4.21. The Labute approximate surface area is 148 Å². The van der Waals surface area contributed by atoms with Crippen LogP contribution in [-0.2, 0) is 4.74 Å². The highest BCUT2D eigenvalue weighted by atomic mass is 16.5. The fourth-order valence-electron chi connectivity index (χ4n) is 3.15. The largest absolute Gasteiger partial charge is 0.476 e. The second-order valence-corrected chi connectivity index (χ2v) is 6.79. The van der Waals surface area contributed by atoms with Gasteiger partial charge in [-0.15, -0.1) is 0 Å². The molecule has 0 spiro atoms. The van der Waals surface area contributed by atoms with Crippen LogP contribution in [0.4, 0.5) is 11.6 Å². The third kappa shape index (κ3) is 4.71. The van der Waals surface area contributed by atoms with E-state index < -0.39 is 0 Å². The van der Waals surface area contributed by atoms with Crippen LogP contribution in [-0.4, -0.2) is 32.3 Å². The maximum absolute atomic E-state index is 5.92. The lowest BCUT2D eigenvalue weighted by molar-refractivity contribution is 0.104. The van der Waals surface area contributed by atoms with E-state index in [1.807, 2.05) is 19.1 Å². The van der Waals surface area contributed by atoms with Crippen LogP contribution in [0, 0.1) is 6.92 Å². The summed E-state index contributed by atoms with van der Waals surface area (Å²) in [6.45, 7) is 9.95. The summed E-state index contributed by atoms with van der Waals surface area (Å²) < 4.78 is 5.92. The molecule has 1 fully saturated rings. The first kappa shape index (κ1) is 17.3. The summed E-state index contributed by atoms with van der Waals surface area (Å²) in [7, 11) is 0. The average Bonchev–Trinajstić information content (AvgIpc) is 3.15. The number of aromatic nitrogens is 4. The molecule has 0 amide bonds. The molecule has 3 N–H and O–H groups in total. The van der Waals surface area contributed by atoms with Crippen LogP contribution in [0.5, 0.6) is 0 Å². The molecule has 0 bridgehead atoms. The van der Waals surface area contributed by atoms with Crippen molar-refractivity contribution in [3.63, 3.8) is 0 Å². The summed E-state index contributed by atoms with van der Waals surface area (Å²) in [5, 5.41) is 13.9. The Morgan fingerprint density at radius 2 is 2.20 bits per heavy atom. The smallest absolute Gasteiger partial charge is 0.179 e. The number of H-pyrrole nitrogens is 1. The van der Waals surface area contributed by atoms with E-state index in [1.54, 1.807) is 6.20 Å². The SMILES string of the molecule is C=C(NC(C)C)OC1CCC(c2cc(Nc3ccnc(C)n3)n[nH]2)C1. The number of anilines is 2. The van der Waals surface area contributed by atoms with Crippen LogP contribution in [0.2, 0.25) is 0 Å². The number of aryl methyl sites for hydroxylation is 1. The highest BCUT2D eigenvalue weighted by Crippen LogP contribution is 2.36. The quantitative estimate of drug-likeness (QED) is 0.669. The molecule has 0 aromatic carbocycles. The standard InChI is InChI=1S/C18H26N6O/c1-11(2)20-13(4)25-15-6-5-14(9-15)16-10-18(24-23-16)22-17-7-8-19-12(3)21-17/h7-8,10-11,14-15,20H,4-6,9H2,1-3H3,(H2,19,21,22,23,24). The molecule has 7 nitrogen and oxygen atoms in total. The van der Waals surface area contributed by atoms with Crippen molar-refractivity contribution in [2.24, 2.45) is 0 Å². The van der Waals surface area contributed by atoms with Gasteiger partial charge < -0.3 is 15.4 Å². The van der Waals surface area contributed by atoms with Crippen LogP contribution >= 0.6 is 0 Å². The van der Waals surface area contributed by atoms with Crippen LogP contribution in [0.25, 0.3) is 0 Å². The van der Waals surface area contributed by atoms with E-state index in [4.69, 9.17) is 4.74 Å². The zero-order valence-electron chi connectivity index (χ0n) is 15.0. The second-order valence-electron chi connectivity index (χ2n) is 6.79. The fourth-order valence-corrected chi connectivity index (χ4v) is 3.15. The molecular weight excluding hydrogens is 316 g/mol. The molecule has 134 valence electrons. The van der Waals surface area contributed by atoms with Gasteiger partial charge in [0, 0.05) is 29.9 Å². The Morgan fingerprint density at radius 1 is 1.36 bits per heavy atom. The number of hydrogen-bond acceptors (Lipinski definition) is 6. The minimum atomic E-state index is 0.202. The molecule has 2 unspecified atom stereocenters. The number of nitrogens with zero attached hydrogens (tertiary/aromatic N) is 3. The van der Waals surface area contributed by atoms with E-state index >= 15 is 0 Å². The summed E-state index contributed by atoms with van der Waals surface area (Å²) in [5.41, 5.74) is 1.13. The van der Waals surface area contributed by atoms with Crippen molar-refractivity contribution in [3.8, 4) is 0 Å². The molecular formula is C18H26N6O. The van der Waals surface area contributed by atoms with Gasteiger partial charge in [0.25, 0.3) is 0 Å². The van der Waals surface area contributed by atoms with Crippen molar-refractivity contribution in [1.82, 2.24) is 25.5 Å². The van der Waals surface area contributed by atoms with Crippen molar-refractivity contribution in [1.29, 1.82) is 0 Å². The minimum absolute atomic E-state index is 0.202. The van der Waals surface area contributed by atoms with Gasteiger partial charge in [0.05, 0.1) is 0 Å². The number of nitrogens with one attached hydrogen (secondary N) is 3. The van der Waals surface area contributed by atoms with E-state index in [-0.39, 0.29) is 6.10 Å². The molecule has 0 saturated heterocycles. The van der Waals surface area contributed by atoms with Crippen molar-refractivity contribution >= 4 is 11.6 Å². The predicted molar refractivity (Wildman–Crippen MR) is 97.5 cm³/mol. The predicted octanol–water partition coefficient (Wildman–Crippen LogP) is 3.37. The zero-order valence-corrected chi connectivity index (χ0v) is 15.0. The number of ether oxygens (including phenoxy) is 1. The lowest BCUT2D eigenvalue weighted by Gasteiger charge is -2.18. The van der Waals surface area contributed by atoms with E-state index in [0.717, 1.165) is 42.4 Å². The first-order valence-corrected chi connectivity index (χ1v) is 8.73. The van der Waals surface area contributed by atoms with E-state index in [1.165, 1.54) is 0 Å². The van der Waals surface area contributed by atoms with Gasteiger partial charge in [-0.25, -0.2) is 9.97 Å². The maximum Gasteiger partial charge on any atom is 0.179 e. The number of aromatic amines is 1.